The Labute approximate surface area is 97.5 Å². The Bertz CT molecular complexity index is 405. The van der Waals surface area contributed by atoms with Crippen molar-refractivity contribution in [2.24, 2.45) is 0 Å². The van der Waals surface area contributed by atoms with E-state index in [1.807, 2.05) is 0 Å². The summed E-state index contributed by atoms with van der Waals surface area (Å²) in [6.45, 7) is 1.75. The van der Waals surface area contributed by atoms with Crippen molar-refractivity contribution in [3.8, 4) is 0 Å². The van der Waals surface area contributed by atoms with Crippen LogP contribution in [0.2, 0.25) is 5.02 Å². The first-order valence-electron chi connectivity index (χ1n) is 4.93. The van der Waals surface area contributed by atoms with Gasteiger partial charge >= 0.3 is 0 Å². The lowest BCUT2D eigenvalue weighted by atomic mass is 10.0. The Kier molecular flexibility index (Phi) is 3.38. The highest BCUT2D eigenvalue weighted by atomic mass is 35.5. The minimum absolute atomic E-state index is 0.0763. The van der Waals surface area contributed by atoms with Gasteiger partial charge < -0.3 is 10.1 Å². The maximum Gasteiger partial charge on any atom is 0.274 e. The van der Waals surface area contributed by atoms with Crippen molar-refractivity contribution in [1.82, 2.24) is 5.32 Å². The molecule has 1 aromatic rings. The summed E-state index contributed by atoms with van der Waals surface area (Å²) in [4.78, 5) is 10.5. The molecule has 1 fully saturated rings. The van der Waals surface area contributed by atoms with Gasteiger partial charge in [-0.05, 0) is 12.1 Å². The van der Waals surface area contributed by atoms with E-state index >= 15 is 0 Å². The number of hydrogen-bond donors (Lipinski definition) is 1. The third kappa shape index (κ3) is 2.32. The van der Waals surface area contributed by atoms with Crippen LogP contribution >= 0.6 is 11.6 Å². The van der Waals surface area contributed by atoms with E-state index in [1.54, 1.807) is 6.07 Å². The number of morpholine rings is 1. The minimum atomic E-state index is -0.401. The Morgan fingerprint density at radius 1 is 1.56 bits per heavy atom. The van der Waals surface area contributed by atoms with Gasteiger partial charge in [-0.25, -0.2) is 0 Å². The average molecular weight is 243 g/mol. The van der Waals surface area contributed by atoms with Gasteiger partial charge in [0.05, 0.1) is 29.7 Å². The van der Waals surface area contributed by atoms with Crippen molar-refractivity contribution in [2.75, 3.05) is 19.8 Å². The second kappa shape index (κ2) is 4.78. The summed E-state index contributed by atoms with van der Waals surface area (Å²) in [6, 6.07) is 4.40. The van der Waals surface area contributed by atoms with E-state index in [0.717, 1.165) is 0 Å². The fourth-order valence-electron chi connectivity index (χ4n) is 1.74. The molecular weight excluding hydrogens is 232 g/mol. The molecule has 2 rings (SSSR count). The highest BCUT2D eigenvalue weighted by molar-refractivity contribution is 6.30. The number of benzene rings is 1. The summed E-state index contributed by atoms with van der Waals surface area (Å²) in [5.41, 5.74) is 0.657. The van der Waals surface area contributed by atoms with E-state index in [-0.39, 0.29) is 11.7 Å². The smallest absolute Gasteiger partial charge is 0.274 e. The molecule has 1 heterocycles. The van der Waals surface area contributed by atoms with Crippen LogP contribution in [-0.2, 0) is 4.74 Å². The van der Waals surface area contributed by atoms with Crippen LogP contribution in [0.4, 0.5) is 5.69 Å². The van der Waals surface area contributed by atoms with Crippen LogP contribution in [0.25, 0.3) is 0 Å². The van der Waals surface area contributed by atoms with Crippen LogP contribution in [0, 0.1) is 10.1 Å². The molecule has 0 radical (unpaired) electrons. The second-order valence-electron chi connectivity index (χ2n) is 3.54. The molecule has 0 saturated carbocycles. The fourth-order valence-corrected chi connectivity index (χ4v) is 1.92. The fraction of sp³-hybridized carbons (Fsp3) is 0.400. The summed E-state index contributed by atoms with van der Waals surface area (Å²) in [5, 5.41) is 14.5. The molecule has 0 aromatic heterocycles. The summed E-state index contributed by atoms with van der Waals surface area (Å²) >= 11 is 5.85. The van der Waals surface area contributed by atoms with Crippen LogP contribution in [0.3, 0.4) is 0 Å². The van der Waals surface area contributed by atoms with Gasteiger partial charge in [0.2, 0.25) is 0 Å². The molecule has 1 aliphatic rings. The number of nitro benzene ring substituents is 1. The van der Waals surface area contributed by atoms with Crippen LogP contribution in [0.15, 0.2) is 18.2 Å². The zero-order valence-corrected chi connectivity index (χ0v) is 9.24. The SMILES string of the molecule is O=[N+]([O-])c1ccc(Cl)cc1[C@H]1COCCN1. The van der Waals surface area contributed by atoms with Gasteiger partial charge in [-0.15, -0.1) is 0 Å². The molecule has 0 amide bonds. The number of hydrogen-bond acceptors (Lipinski definition) is 4. The normalized spacial score (nSPS) is 20.7. The molecule has 1 aromatic carbocycles. The predicted molar refractivity (Wildman–Crippen MR) is 59.7 cm³/mol. The summed E-state index contributed by atoms with van der Waals surface area (Å²) in [7, 11) is 0. The standard InChI is InChI=1S/C10H11ClN2O3/c11-7-1-2-10(13(14)15)8(5-7)9-6-16-4-3-12-9/h1-2,5,9,12H,3-4,6H2/t9-/m1/s1. The van der Waals surface area contributed by atoms with Crippen LogP contribution in [0.1, 0.15) is 11.6 Å². The first-order valence-corrected chi connectivity index (χ1v) is 5.31. The number of nitro groups is 1. The Hall–Kier alpha value is -1.17. The molecule has 0 spiro atoms. The molecule has 5 nitrogen and oxygen atoms in total. The lowest BCUT2D eigenvalue weighted by Crippen LogP contribution is -2.34. The van der Waals surface area contributed by atoms with Crippen molar-refractivity contribution < 1.29 is 9.66 Å². The molecule has 16 heavy (non-hydrogen) atoms. The first kappa shape index (κ1) is 11.3. The van der Waals surface area contributed by atoms with E-state index in [2.05, 4.69) is 5.32 Å². The zero-order valence-electron chi connectivity index (χ0n) is 8.48. The highest BCUT2D eigenvalue weighted by Crippen LogP contribution is 2.29. The van der Waals surface area contributed by atoms with E-state index in [4.69, 9.17) is 16.3 Å². The molecule has 0 bridgehead atoms. The van der Waals surface area contributed by atoms with E-state index in [1.165, 1.54) is 12.1 Å². The number of halogens is 1. The molecule has 1 N–H and O–H groups in total. The Morgan fingerprint density at radius 2 is 2.38 bits per heavy atom. The molecule has 0 aliphatic carbocycles. The van der Waals surface area contributed by atoms with Crippen molar-refractivity contribution in [3.05, 3.63) is 38.9 Å². The van der Waals surface area contributed by atoms with Gasteiger partial charge in [-0.3, -0.25) is 10.1 Å². The topological polar surface area (TPSA) is 64.4 Å². The summed E-state index contributed by atoms with van der Waals surface area (Å²) in [5.74, 6) is 0. The number of nitrogens with one attached hydrogen (secondary N) is 1. The molecule has 1 atom stereocenters. The largest absolute Gasteiger partial charge is 0.378 e. The number of nitrogens with zero attached hydrogens (tertiary/aromatic N) is 1. The van der Waals surface area contributed by atoms with Gasteiger partial charge in [0.1, 0.15) is 0 Å². The third-order valence-corrected chi connectivity index (χ3v) is 2.72. The molecular formula is C10H11ClN2O3. The second-order valence-corrected chi connectivity index (χ2v) is 3.98. The third-order valence-electron chi connectivity index (χ3n) is 2.48. The molecule has 1 saturated heterocycles. The van der Waals surface area contributed by atoms with E-state index < -0.39 is 4.92 Å². The van der Waals surface area contributed by atoms with Gasteiger partial charge in [0.25, 0.3) is 5.69 Å². The molecule has 1 aliphatic heterocycles. The Morgan fingerprint density at radius 3 is 3.00 bits per heavy atom. The van der Waals surface area contributed by atoms with Crippen molar-refractivity contribution >= 4 is 17.3 Å². The molecule has 6 heteroatoms. The maximum atomic E-state index is 10.9. The zero-order chi connectivity index (χ0) is 11.5. The van der Waals surface area contributed by atoms with Crippen LogP contribution in [-0.4, -0.2) is 24.7 Å². The van der Waals surface area contributed by atoms with Crippen molar-refractivity contribution in [3.63, 3.8) is 0 Å². The van der Waals surface area contributed by atoms with Gasteiger partial charge in [-0.1, -0.05) is 11.6 Å². The molecule has 86 valence electrons. The minimum Gasteiger partial charge on any atom is -0.378 e. The number of ether oxygens (including phenoxy) is 1. The lowest BCUT2D eigenvalue weighted by molar-refractivity contribution is -0.385. The van der Waals surface area contributed by atoms with Gasteiger partial charge in [-0.2, -0.15) is 0 Å². The predicted octanol–water partition coefficient (Wildman–Crippen LogP) is 1.91. The van der Waals surface area contributed by atoms with Crippen molar-refractivity contribution in [1.29, 1.82) is 0 Å². The van der Waals surface area contributed by atoms with E-state index in [9.17, 15) is 10.1 Å². The molecule has 0 unspecified atom stereocenters. The van der Waals surface area contributed by atoms with Crippen molar-refractivity contribution in [2.45, 2.75) is 6.04 Å². The first-order chi connectivity index (χ1) is 7.68. The maximum absolute atomic E-state index is 10.9. The average Bonchev–Trinajstić information content (AvgIpc) is 2.29. The summed E-state index contributed by atoms with van der Waals surface area (Å²) in [6.07, 6.45) is 0. The van der Waals surface area contributed by atoms with Crippen LogP contribution in [0.5, 0.6) is 0 Å². The van der Waals surface area contributed by atoms with Crippen LogP contribution < -0.4 is 5.32 Å². The highest BCUT2D eigenvalue weighted by Gasteiger charge is 2.24. The quantitative estimate of drug-likeness (QED) is 0.636. The Balaban J connectivity index is 2.36. The van der Waals surface area contributed by atoms with Gasteiger partial charge in [0, 0.05) is 17.6 Å². The summed E-state index contributed by atoms with van der Waals surface area (Å²) < 4.78 is 5.28. The lowest BCUT2D eigenvalue weighted by Gasteiger charge is -2.23. The van der Waals surface area contributed by atoms with Gasteiger partial charge in [0.15, 0.2) is 0 Å². The number of rotatable bonds is 2. The monoisotopic (exact) mass is 242 g/mol. The van der Waals surface area contributed by atoms with E-state index in [0.29, 0.717) is 30.3 Å².